The van der Waals surface area contributed by atoms with Gasteiger partial charge < -0.3 is 5.32 Å². The molecule has 0 saturated carbocycles. The Morgan fingerprint density at radius 2 is 2.13 bits per heavy atom. The molecule has 1 rings (SSSR count). The fraction of sp³-hybridized carbons (Fsp3) is 0.917. The van der Waals surface area contributed by atoms with Gasteiger partial charge in [-0.05, 0) is 17.3 Å². The van der Waals surface area contributed by atoms with E-state index in [1.165, 1.54) is 12.2 Å². The van der Waals surface area contributed by atoms with Crippen LogP contribution in [0.2, 0.25) is 0 Å². The maximum Gasteiger partial charge on any atom is 0.156 e. The minimum absolute atomic E-state index is 0.371. The molecule has 0 aromatic carbocycles. The van der Waals surface area contributed by atoms with Crippen LogP contribution in [0.15, 0.2) is 4.99 Å². The van der Waals surface area contributed by atoms with Crippen LogP contribution in [-0.2, 0) is 0 Å². The molecule has 1 N–H and O–H groups in total. The second-order valence-electron chi connectivity index (χ2n) is 5.95. The third-order valence-corrected chi connectivity index (χ3v) is 4.40. The summed E-state index contributed by atoms with van der Waals surface area (Å²) in [5.41, 5.74) is 0.742. The number of rotatable bonds is 3. The first-order chi connectivity index (χ1) is 6.85. The lowest BCUT2D eigenvalue weighted by atomic mass is 9.90. The van der Waals surface area contributed by atoms with E-state index in [9.17, 15) is 0 Å². The molecule has 15 heavy (non-hydrogen) atoms. The smallest absolute Gasteiger partial charge is 0.156 e. The van der Waals surface area contributed by atoms with E-state index in [-0.39, 0.29) is 0 Å². The van der Waals surface area contributed by atoms with Crippen molar-refractivity contribution in [2.75, 3.05) is 18.8 Å². The number of hydrogen-bond donors (Lipinski definition) is 1. The first kappa shape index (κ1) is 12.9. The highest BCUT2D eigenvalue weighted by Gasteiger charge is 2.24. The van der Waals surface area contributed by atoms with E-state index in [2.05, 4.69) is 44.9 Å². The third-order valence-electron chi connectivity index (χ3n) is 2.93. The summed E-state index contributed by atoms with van der Waals surface area (Å²) in [6, 6.07) is 0. The van der Waals surface area contributed by atoms with Crippen molar-refractivity contribution in [3.05, 3.63) is 0 Å². The second kappa shape index (κ2) is 4.77. The van der Waals surface area contributed by atoms with E-state index in [0.29, 0.717) is 10.8 Å². The number of nitrogens with one attached hydrogen (secondary N) is 1. The van der Waals surface area contributed by atoms with Crippen LogP contribution in [0.1, 0.15) is 41.0 Å². The molecular weight excluding hydrogens is 204 g/mol. The number of nitrogens with zero attached hydrogens (tertiary/aromatic N) is 1. The highest BCUT2D eigenvalue weighted by Crippen LogP contribution is 2.27. The molecule has 0 aromatic heterocycles. The molecule has 88 valence electrons. The van der Waals surface area contributed by atoms with Crippen molar-refractivity contribution in [2.24, 2.45) is 15.8 Å². The Labute approximate surface area is 98.3 Å². The van der Waals surface area contributed by atoms with Crippen LogP contribution < -0.4 is 5.32 Å². The molecule has 2 nitrogen and oxygen atoms in total. The van der Waals surface area contributed by atoms with Gasteiger partial charge in [-0.1, -0.05) is 46.4 Å². The minimum Gasteiger partial charge on any atom is -0.364 e. The molecule has 0 radical (unpaired) electrons. The highest BCUT2D eigenvalue weighted by atomic mass is 32.2. The van der Waals surface area contributed by atoms with Gasteiger partial charge in [0.1, 0.15) is 0 Å². The van der Waals surface area contributed by atoms with Gasteiger partial charge in [-0.15, -0.1) is 0 Å². The molecule has 0 aromatic rings. The van der Waals surface area contributed by atoms with Gasteiger partial charge in [-0.2, -0.15) is 0 Å². The van der Waals surface area contributed by atoms with E-state index < -0.39 is 0 Å². The predicted molar refractivity (Wildman–Crippen MR) is 70.6 cm³/mol. The molecule has 3 heteroatoms. The van der Waals surface area contributed by atoms with E-state index in [1.54, 1.807) is 0 Å². The summed E-state index contributed by atoms with van der Waals surface area (Å²) in [4.78, 5) is 4.59. The van der Waals surface area contributed by atoms with Gasteiger partial charge in [0.15, 0.2) is 5.17 Å². The maximum atomic E-state index is 4.59. The normalized spacial score (nSPS) is 21.0. The van der Waals surface area contributed by atoms with Crippen LogP contribution in [-0.4, -0.2) is 24.0 Å². The Bertz CT molecular complexity index is 244. The van der Waals surface area contributed by atoms with Crippen LogP contribution in [0.3, 0.4) is 0 Å². The molecule has 0 aliphatic carbocycles. The van der Waals surface area contributed by atoms with Gasteiger partial charge >= 0.3 is 0 Å². The topological polar surface area (TPSA) is 24.4 Å². The van der Waals surface area contributed by atoms with Crippen LogP contribution in [0.25, 0.3) is 0 Å². The fourth-order valence-electron chi connectivity index (χ4n) is 1.19. The van der Waals surface area contributed by atoms with Gasteiger partial charge in [0.2, 0.25) is 0 Å². The van der Waals surface area contributed by atoms with Crippen molar-refractivity contribution in [3.8, 4) is 0 Å². The molecule has 0 amide bonds. The zero-order valence-corrected chi connectivity index (χ0v) is 11.5. The summed E-state index contributed by atoms with van der Waals surface area (Å²) in [6.07, 6.45) is 1.20. The molecule has 0 unspecified atom stereocenters. The van der Waals surface area contributed by atoms with E-state index in [1.807, 2.05) is 11.8 Å². The standard InChI is InChI=1S/C12H24N2S/c1-6-11(2,3)7-13-10-14-8-12(4,5)9-15-10/h6-9H2,1-5H3,(H,13,14). The molecule has 0 spiro atoms. The maximum absolute atomic E-state index is 4.59. The minimum atomic E-state index is 0.371. The highest BCUT2D eigenvalue weighted by molar-refractivity contribution is 8.13. The molecule has 1 heterocycles. The lowest BCUT2D eigenvalue weighted by molar-refractivity contribution is 0.349. The summed E-state index contributed by atoms with van der Waals surface area (Å²) in [6.45, 7) is 13.3. The number of hydrogen-bond acceptors (Lipinski definition) is 3. The Morgan fingerprint density at radius 3 is 2.60 bits per heavy atom. The predicted octanol–water partition coefficient (Wildman–Crippen LogP) is 3.14. The van der Waals surface area contributed by atoms with Crippen LogP contribution >= 0.6 is 11.8 Å². The first-order valence-electron chi connectivity index (χ1n) is 5.76. The number of thioether (sulfide) groups is 1. The zero-order valence-electron chi connectivity index (χ0n) is 10.7. The lowest BCUT2D eigenvalue weighted by Crippen LogP contribution is -2.36. The van der Waals surface area contributed by atoms with Crippen molar-refractivity contribution < 1.29 is 0 Å². The number of amidine groups is 1. The Morgan fingerprint density at radius 1 is 1.47 bits per heavy atom. The Hall–Kier alpha value is -0.180. The second-order valence-corrected chi connectivity index (χ2v) is 6.91. The molecule has 1 aliphatic heterocycles. The summed E-state index contributed by atoms with van der Waals surface area (Å²) in [7, 11) is 0. The van der Waals surface area contributed by atoms with Crippen molar-refractivity contribution in [3.63, 3.8) is 0 Å². The van der Waals surface area contributed by atoms with Gasteiger partial charge in [0, 0.05) is 18.8 Å². The van der Waals surface area contributed by atoms with E-state index >= 15 is 0 Å². The van der Waals surface area contributed by atoms with Crippen molar-refractivity contribution in [1.82, 2.24) is 5.32 Å². The molecule has 0 atom stereocenters. The molecule has 0 fully saturated rings. The van der Waals surface area contributed by atoms with Gasteiger partial charge in [-0.25, -0.2) is 0 Å². The van der Waals surface area contributed by atoms with Crippen LogP contribution in [0.5, 0.6) is 0 Å². The lowest BCUT2D eigenvalue weighted by Gasteiger charge is -2.29. The van der Waals surface area contributed by atoms with Gasteiger partial charge in [0.25, 0.3) is 0 Å². The van der Waals surface area contributed by atoms with E-state index in [4.69, 9.17) is 0 Å². The molecule has 1 aliphatic rings. The first-order valence-corrected chi connectivity index (χ1v) is 6.74. The van der Waals surface area contributed by atoms with Crippen molar-refractivity contribution in [2.45, 2.75) is 41.0 Å². The molecule has 0 bridgehead atoms. The SMILES string of the molecule is CCC(C)(C)CNC1=NCC(C)(C)CS1. The Kier molecular flexibility index (Phi) is 4.10. The average Bonchev–Trinajstić information content (AvgIpc) is 2.16. The van der Waals surface area contributed by atoms with Gasteiger partial charge in [0.05, 0.1) is 0 Å². The molecule has 0 saturated heterocycles. The molecular formula is C12H24N2S. The average molecular weight is 228 g/mol. The monoisotopic (exact) mass is 228 g/mol. The Balaban J connectivity index is 2.39. The van der Waals surface area contributed by atoms with E-state index in [0.717, 1.165) is 18.3 Å². The summed E-state index contributed by atoms with van der Waals surface area (Å²) in [5, 5.41) is 4.60. The van der Waals surface area contributed by atoms with Gasteiger partial charge in [-0.3, -0.25) is 4.99 Å². The summed E-state index contributed by atoms with van der Waals surface area (Å²) >= 11 is 1.86. The summed E-state index contributed by atoms with van der Waals surface area (Å²) in [5.74, 6) is 1.17. The van der Waals surface area contributed by atoms with Crippen LogP contribution in [0, 0.1) is 10.8 Å². The zero-order chi connectivity index (χ0) is 11.5. The van der Waals surface area contributed by atoms with Crippen LogP contribution in [0.4, 0.5) is 0 Å². The summed E-state index contributed by atoms with van der Waals surface area (Å²) < 4.78 is 0. The third kappa shape index (κ3) is 4.45. The van der Waals surface area contributed by atoms with Crippen molar-refractivity contribution >= 4 is 16.9 Å². The fourth-order valence-corrected chi connectivity index (χ4v) is 2.14. The number of aliphatic imine (C=N–C) groups is 1. The van der Waals surface area contributed by atoms with Crippen molar-refractivity contribution in [1.29, 1.82) is 0 Å². The quantitative estimate of drug-likeness (QED) is 0.802. The largest absolute Gasteiger partial charge is 0.364 e.